The molecule has 1 aromatic rings. The molecule has 1 saturated carbocycles. The van der Waals surface area contributed by atoms with E-state index < -0.39 is 0 Å². The zero-order chi connectivity index (χ0) is 15.3. The van der Waals surface area contributed by atoms with Gasteiger partial charge >= 0.3 is 0 Å². The fourth-order valence-electron chi connectivity index (χ4n) is 4.19. The first-order chi connectivity index (χ1) is 10.6. The van der Waals surface area contributed by atoms with Crippen LogP contribution >= 0.6 is 0 Å². The Labute approximate surface area is 131 Å². The number of anilines is 2. The van der Waals surface area contributed by atoms with E-state index in [4.69, 9.17) is 0 Å². The monoisotopic (exact) mass is 300 g/mol. The van der Waals surface area contributed by atoms with Crippen LogP contribution in [0, 0.1) is 24.7 Å². The predicted molar refractivity (Wildman–Crippen MR) is 86.9 cm³/mol. The van der Waals surface area contributed by atoms with E-state index in [0.29, 0.717) is 11.8 Å². The fraction of sp³-hybridized carbons (Fsp3) is 0.647. The molecule has 118 valence electrons. The summed E-state index contributed by atoms with van der Waals surface area (Å²) in [6.45, 7) is 4.11. The summed E-state index contributed by atoms with van der Waals surface area (Å²) in [7, 11) is 1.95. The predicted octanol–water partition coefficient (Wildman–Crippen LogP) is 2.48. The first kappa shape index (κ1) is 13.9. The minimum absolute atomic E-state index is 0.140. The van der Waals surface area contributed by atoms with Crippen LogP contribution in [0.2, 0.25) is 0 Å². The average molecular weight is 300 g/mol. The number of aryl methyl sites for hydroxylation is 1. The lowest BCUT2D eigenvalue weighted by atomic mass is 9.93. The molecular formula is C17H24N4O. The first-order valence-electron chi connectivity index (χ1n) is 8.41. The molecule has 5 heteroatoms. The van der Waals surface area contributed by atoms with Crippen LogP contribution in [0.1, 0.15) is 31.4 Å². The summed E-state index contributed by atoms with van der Waals surface area (Å²) < 4.78 is 1.88. The van der Waals surface area contributed by atoms with Gasteiger partial charge in [-0.05, 0) is 44.4 Å². The highest BCUT2D eigenvalue weighted by Gasteiger charge is 2.40. The van der Waals surface area contributed by atoms with Crippen LogP contribution in [0.5, 0.6) is 0 Å². The Kier molecular flexibility index (Phi) is 3.24. The number of allylic oxidation sites excluding steroid dienone is 2. The van der Waals surface area contributed by atoms with E-state index in [0.717, 1.165) is 43.1 Å². The van der Waals surface area contributed by atoms with Crippen LogP contribution < -0.4 is 10.2 Å². The van der Waals surface area contributed by atoms with Crippen molar-refractivity contribution in [3.63, 3.8) is 0 Å². The van der Waals surface area contributed by atoms with E-state index in [1.165, 1.54) is 12.8 Å². The molecule has 0 aromatic carbocycles. The standard InChI is InChI=1S/C17H24N4O/c1-11-15(16(19-20(11)2)21-7-3-4-8-21)18-17(22)14-10-12-5-6-13(14)9-12/h5-6,12-14H,3-4,7-10H2,1-2H3,(H,18,22)/t12-,13+,14-/m1/s1. The summed E-state index contributed by atoms with van der Waals surface area (Å²) in [5.74, 6) is 2.32. The number of nitrogens with zero attached hydrogens (tertiary/aromatic N) is 3. The largest absolute Gasteiger partial charge is 0.353 e. The maximum Gasteiger partial charge on any atom is 0.228 e. The first-order valence-corrected chi connectivity index (χ1v) is 8.41. The van der Waals surface area contributed by atoms with Crippen molar-refractivity contribution < 1.29 is 4.79 Å². The lowest BCUT2D eigenvalue weighted by Crippen LogP contribution is -2.27. The molecule has 0 unspecified atom stereocenters. The van der Waals surface area contributed by atoms with Gasteiger partial charge in [-0.25, -0.2) is 0 Å². The average Bonchev–Trinajstić information content (AvgIpc) is 3.27. The van der Waals surface area contributed by atoms with Crippen molar-refractivity contribution in [2.45, 2.75) is 32.6 Å². The number of carbonyl (C=O) groups is 1. The minimum Gasteiger partial charge on any atom is -0.353 e. The molecule has 1 amide bonds. The van der Waals surface area contributed by atoms with Crippen molar-refractivity contribution in [3.8, 4) is 0 Å². The second-order valence-electron chi connectivity index (χ2n) is 6.98. The van der Waals surface area contributed by atoms with Crippen molar-refractivity contribution in [1.29, 1.82) is 0 Å². The quantitative estimate of drug-likeness (QED) is 0.873. The van der Waals surface area contributed by atoms with Gasteiger partial charge in [0.1, 0.15) is 5.69 Å². The van der Waals surface area contributed by atoms with Gasteiger partial charge in [0.05, 0.1) is 5.69 Å². The molecule has 22 heavy (non-hydrogen) atoms. The Hall–Kier alpha value is -1.78. The summed E-state index contributed by atoms with van der Waals surface area (Å²) >= 11 is 0. The topological polar surface area (TPSA) is 50.2 Å². The molecule has 1 N–H and O–H groups in total. The molecule has 3 atom stereocenters. The smallest absolute Gasteiger partial charge is 0.228 e. The number of carbonyl (C=O) groups excluding carboxylic acids is 1. The summed E-state index contributed by atoms with van der Waals surface area (Å²) in [6.07, 6.45) is 9.09. The highest BCUT2D eigenvalue weighted by molar-refractivity contribution is 5.96. The second-order valence-corrected chi connectivity index (χ2v) is 6.98. The lowest BCUT2D eigenvalue weighted by molar-refractivity contribution is -0.120. The normalized spacial score (nSPS) is 29.5. The van der Waals surface area contributed by atoms with Crippen LogP contribution in [0.3, 0.4) is 0 Å². The number of hydrogen-bond acceptors (Lipinski definition) is 3. The van der Waals surface area contributed by atoms with E-state index in [1.807, 2.05) is 18.7 Å². The Morgan fingerprint density at radius 2 is 2.05 bits per heavy atom. The van der Waals surface area contributed by atoms with Gasteiger partial charge in [0.25, 0.3) is 0 Å². The molecule has 3 aliphatic rings. The molecule has 2 aliphatic carbocycles. The molecular weight excluding hydrogens is 276 g/mol. The van der Waals surface area contributed by atoms with Crippen molar-refractivity contribution >= 4 is 17.4 Å². The molecule has 5 nitrogen and oxygen atoms in total. The number of rotatable bonds is 3. The molecule has 2 fully saturated rings. The SMILES string of the molecule is Cc1c(NC(=O)[C@@H]2C[C@@H]3C=C[C@H]2C3)c(N2CCCC2)nn1C. The van der Waals surface area contributed by atoms with Crippen LogP contribution in [0.25, 0.3) is 0 Å². The molecule has 2 heterocycles. The molecule has 1 saturated heterocycles. The number of nitrogens with one attached hydrogen (secondary N) is 1. The van der Waals surface area contributed by atoms with Crippen LogP contribution in [-0.4, -0.2) is 28.8 Å². The Morgan fingerprint density at radius 3 is 2.68 bits per heavy atom. The van der Waals surface area contributed by atoms with Gasteiger partial charge in [-0.2, -0.15) is 5.10 Å². The van der Waals surface area contributed by atoms with Gasteiger partial charge in [-0.3, -0.25) is 9.48 Å². The third kappa shape index (κ3) is 2.14. The van der Waals surface area contributed by atoms with Crippen molar-refractivity contribution in [3.05, 3.63) is 17.8 Å². The van der Waals surface area contributed by atoms with E-state index >= 15 is 0 Å². The number of fused-ring (bicyclic) bond motifs is 2. The maximum absolute atomic E-state index is 12.7. The molecule has 1 aromatic heterocycles. The van der Waals surface area contributed by atoms with Gasteiger partial charge in [0, 0.05) is 26.1 Å². The van der Waals surface area contributed by atoms with Gasteiger partial charge in [0.15, 0.2) is 5.82 Å². The molecule has 4 rings (SSSR count). The molecule has 0 radical (unpaired) electrons. The minimum atomic E-state index is 0.140. The third-order valence-corrected chi connectivity index (χ3v) is 5.59. The number of amides is 1. The number of aromatic nitrogens is 2. The second kappa shape index (κ2) is 5.14. The third-order valence-electron chi connectivity index (χ3n) is 5.59. The summed E-state index contributed by atoms with van der Waals surface area (Å²) in [4.78, 5) is 15.0. The Balaban J connectivity index is 1.57. The summed E-state index contributed by atoms with van der Waals surface area (Å²) in [6, 6.07) is 0. The highest BCUT2D eigenvalue weighted by atomic mass is 16.2. The van der Waals surface area contributed by atoms with Gasteiger partial charge in [0.2, 0.25) is 5.91 Å². The maximum atomic E-state index is 12.7. The molecule has 0 spiro atoms. The van der Waals surface area contributed by atoms with Crippen LogP contribution in [0.15, 0.2) is 12.2 Å². The Morgan fingerprint density at radius 1 is 1.27 bits per heavy atom. The molecule has 1 aliphatic heterocycles. The van der Waals surface area contributed by atoms with Crippen LogP contribution in [0.4, 0.5) is 11.5 Å². The highest BCUT2D eigenvalue weighted by Crippen LogP contribution is 2.44. The van der Waals surface area contributed by atoms with Gasteiger partial charge in [-0.1, -0.05) is 12.2 Å². The van der Waals surface area contributed by atoms with Gasteiger partial charge < -0.3 is 10.2 Å². The molecule has 2 bridgehead atoms. The Bertz CT molecular complexity index is 627. The van der Waals surface area contributed by atoms with Crippen molar-refractivity contribution in [1.82, 2.24) is 9.78 Å². The van der Waals surface area contributed by atoms with Crippen LogP contribution in [-0.2, 0) is 11.8 Å². The van der Waals surface area contributed by atoms with Crippen molar-refractivity contribution in [2.24, 2.45) is 24.8 Å². The summed E-state index contributed by atoms with van der Waals surface area (Å²) in [5, 5.41) is 7.84. The zero-order valence-electron chi connectivity index (χ0n) is 13.4. The fourth-order valence-corrected chi connectivity index (χ4v) is 4.19. The lowest BCUT2D eigenvalue weighted by Gasteiger charge is -2.20. The zero-order valence-corrected chi connectivity index (χ0v) is 13.4. The number of hydrogen-bond donors (Lipinski definition) is 1. The summed E-state index contributed by atoms with van der Waals surface area (Å²) in [5.41, 5.74) is 1.95. The van der Waals surface area contributed by atoms with E-state index in [-0.39, 0.29) is 11.8 Å². The van der Waals surface area contributed by atoms with Crippen molar-refractivity contribution in [2.75, 3.05) is 23.3 Å². The van der Waals surface area contributed by atoms with E-state index in [2.05, 4.69) is 27.5 Å². The van der Waals surface area contributed by atoms with Gasteiger partial charge in [-0.15, -0.1) is 0 Å². The van der Waals surface area contributed by atoms with E-state index in [1.54, 1.807) is 0 Å². The van der Waals surface area contributed by atoms with E-state index in [9.17, 15) is 4.79 Å².